The van der Waals surface area contributed by atoms with Gasteiger partial charge in [-0.05, 0) is 24.3 Å². The van der Waals surface area contributed by atoms with Crippen molar-refractivity contribution in [3.05, 3.63) is 34.8 Å². The van der Waals surface area contributed by atoms with E-state index in [-0.39, 0.29) is 0 Å². The summed E-state index contributed by atoms with van der Waals surface area (Å²) in [4.78, 5) is 13.2. The molecule has 0 atom stereocenters. The van der Waals surface area contributed by atoms with E-state index in [0.717, 1.165) is 0 Å². The molecular formula is C7H6N3O+. The molecule has 0 aliphatic heterocycles. The Kier molecular flexibility index (Phi) is 1.83. The molecule has 1 aromatic carbocycles. The summed E-state index contributed by atoms with van der Waals surface area (Å²) < 4.78 is 0. The number of carbonyl (C=O) groups is 1. The van der Waals surface area contributed by atoms with Gasteiger partial charge in [-0.1, -0.05) is 0 Å². The SMILES string of the molecule is N#[N+]C(=O)c1ccc(N)cc1. The van der Waals surface area contributed by atoms with Crippen LogP contribution in [-0.4, -0.2) is 5.91 Å². The monoisotopic (exact) mass is 148 g/mol. The van der Waals surface area contributed by atoms with E-state index in [0.29, 0.717) is 11.3 Å². The number of nitrogen functional groups attached to an aromatic ring is 1. The molecule has 0 fully saturated rings. The second-order valence-corrected chi connectivity index (χ2v) is 2.03. The summed E-state index contributed by atoms with van der Waals surface area (Å²) in [5.41, 5.74) is 6.25. The highest BCUT2D eigenvalue weighted by atomic mass is 16.1. The second-order valence-electron chi connectivity index (χ2n) is 2.03. The summed E-state index contributed by atoms with van der Waals surface area (Å²) >= 11 is 0. The average molecular weight is 148 g/mol. The maximum absolute atomic E-state index is 10.7. The highest BCUT2D eigenvalue weighted by molar-refractivity contribution is 6.01. The summed E-state index contributed by atoms with van der Waals surface area (Å²) in [6.07, 6.45) is 0. The van der Waals surface area contributed by atoms with Gasteiger partial charge in [0.05, 0.1) is 0 Å². The van der Waals surface area contributed by atoms with Gasteiger partial charge in [0.1, 0.15) is 5.56 Å². The normalized spacial score (nSPS) is 8.64. The fourth-order valence-electron chi connectivity index (χ4n) is 0.683. The van der Waals surface area contributed by atoms with Crippen LogP contribution in [0.2, 0.25) is 0 Å². The zero-order chi connectivity index (χ0) is 8.27. The first kappa shape index (κ1) is 7.22. The molecule has 0 spiro atoms. The van der Waals surface area contributed by atoms with Crippen LogP contribution >= 0.6 is 0 Å². The maximum atomic E-state index is 10.7. The summed E-state index contributed by atoms with van der Waals surface area (Å²) in [5, 5.41) is 8.10. The molecule has 0 heterocycles. The number of diazo groups is 1. The van der Waals surface area contributed by atoms with E-state index < -0.39 is 5.91 Å². The lowest BCUT2D eigenvalue weighted by atomic mass is 10.2. The number of hydrogen-bond donors (Lipinski definition) is 1. The minimum atomic E-state index is -0.662. The highest BCUT2D eigenvalue weighted by Gasteiger charge is 2.16. The van der Waals surface area contributed by atoms with Crippen molar-refractivity contribution >= 4 is 11.6 Å². The Morgan fingerprint density at radius 3 is 2.36 bits per heavy atom. The zero-order valence-electron chi connectivity index (χ0n) is 5.69. The predicted molar refractivity (Wildman–Crippen MR) is 40.3 cm³/mol. The van der Waals surface area contributed by atoms with Crippen LogP contribution in [0.1, 0.15) is 10.4 Å². The lowest BCUT2D eigenvalue weighted by Gasteiger charge is -1.88. The molecule has 54 valence electrons. The lowest BCUT2D eigenvalue weighted by molar-refractivity contribution is 0.104. The first-order valence-electron chi connectivity index (χ1n) is 2.99. The third kappa shape index (κ3) is 1.52. The molecule has 0 aromatic heterocycles. The third-order valence-corrected chi connectivity index (χ3v) is 1.25. The molecule has 1 amide bonds. The molecule has 0 saturated carbocycles. The number of nitrogens with two attached hydrogens (primary N) is 1. The van der Waals surface area contributed by atoms with Crippen LogP contribution in [0.3, 0.4) is 0 Å². The maximum Gasteiger partial charge on any atom is 0.593 e. The fourth-order valence-corrected chi connectivity index (χ4v) is 0.683. The van der Waals surface area contributed by atoms with Crippen molar-refractivity contribution in [2.75, 3.05) is 5.73 Å². The quantitative estimate of drug-likeness (QED) is 0.481. The van der Waals surface area contributed by atoms with Crippen LogP contribution in [0.15, 0.2) is 24.3 Å². The van der Waals surface area contributed by atoms with E-state index >= 15 is 0 Å². The Morgan fingerprint density at radius 2 is 1.91 bits per heavy atom. The van der Waals surface area contributed by atoms with Gasteiger partial charge in [0.25, 0.3) is 0 Å². The van der Waals surface area contributed by atoms with Gasteiger partial charge >= 0.3 is 5.91 Å². The van der Waals surface area contributed by atoms with E-state index in [1.807, 2.05) is 0 Å². The minimum absolute atomic E-state index is 0.321. The van der Waals surface area contributed by atoms with Crippen molar-refractivity contribution in [3.63, 3.8) is 0 Å². The van der Waals surface area contributed by atoms with Crippen molar-refractivity contribution in [1.29, 1.82) is 5.39 Å². The van der Waals surface area contributed by atoms with E-state index in [9.17, 15) is 4.79 Å². The van der Waals surface area contributed by atoms with Crippen LogP contribution in [0, 0.1) is 5.39 Å². The van der Waals surface area contributed by atoms with Crippen molar-refractivity contribution in [3.8, 4) is 0 Å². The molecule has 0 saturated heterocycles. The molecular weight excluding hydrogens is 142 g/mol. The molecule has 0 aliphatic rings. The van der Waals surface area contributed by atoms with Crippen molar-refractivity contribution in [2.45, 2.75) is 0 Å². The third-order valence-electron chi connectivity index (χ3n) is 1.25. The standard InChI is InChI=1S/C7H5N3O/c8-6-3-1-5(2-4-6)7(11)10-9/h1-4H,(H-,8,11)/p+1. The summed E-state index contributed by atoms with van der Waals surface area (Å²) in [6, 6.07) is 6.13. The molecule has 2 N–H and O–H groups in total. The van der Waals surface area contributed by atoms with E-state index in [2.05, 4.69) is 4.98 Å². The Hall–Kier alpha value is -1.89. The highest BCUT2D eigenvalue weighted by Crippen LogP contribution is 2.06. The number of nitrogens with zero attached hydrogens (tertiary/aromatic N) is 2. The van der Waals surface area contributed by atoms with E-state index in [1.54, 1.807) is 12.1 Å². The summed E-state index contributed by atoms with van der Waals surface area (Å²) in [5.74, 6) is -0.662. The number of rotatable bonds is 1. The number of amides is 1. The number of benzene rings is 1. The van der Waals surface area contributed by atoms with Crippen LogP contribution < -0.4 is 5.73 Å². The van der Waals surface area contributed by atoms with Gasteiger partial charge < -0.3 is 5.73 Å². The van der Waals surface area contributed by atoms with Gasteiger partial charge in [-0.15, -0.1) is 0 Å². The second kappa shape index (κ2) is 2.80. The Bertz CT molecular complexity index is 309. The fraction of sp³-hybridized carbons (Fsp3) is 0. The van der Waals surface area contributed by atoms with Crippen molar-refractivity contribution in [2.24, 2.45) is 0 Å². The first-order valence-corrected chi connectivity index (χ1v) is 2.99. The van der Waals surface area contributed by atoms with Crippen LogP contribution in [-0.2, 0) is 0 Å². The van der Waals surface area contributed by atoms with Crippen LogP contribution in [0.4, 0.5) is 5.69 Å². The predicted octanol–water partition coefficient (Wildman–Crippen LogP) is 1.26. The number of anilines is 1. The Labute approximate surface area is 63.3 Å². The smallest absolute Gasteiger partial charge is 0.399 e. The van der Waals surface area contributed by atoms with E-state index in [1.165, 1.54) is 12.1 Å². The molecule has 11 heavy (non-hydrogen) atoms. The van der Waals surface area contributed by atoms with Crippen molar-refractivity contribution in [1.82, 2.24) is 0 Å². The molecule has 1 aromatic rings. The summed E-state index contributed by atoms with van der Waals surface area (Å²) in [7, 11) is 0. The summed E-state index contributed by atoms with van der Waals surface area (Å²) in [6.45, 7) is 0. The van der Waals surface area contributed by atoms with E-state index in [4.69, 9.17) is 11.1 Å². The van der Waals surface area contributed by atoms with Gasteiger partial charge in [-0.25, -0.2) is 0 Å². The first-order chi connectivity index (χ1) is 5.24. The lowest BCUT2D eigenvalue weighted by Crippen LogP contribution is -1.92. The molecule has 1 rings (SSSR count). The zero-order valence-corrected chi connectivity index (χ0v) is 5.69. The number of carbonyl (C=O) groups excluding carboxylic acids is 1. The molecule has 4 nitrogen and oxygen atoms in total. The number of hydrogen-bond acceptors (Lipinski definition) is 3. The van der Waals surface area contributed by atoms with Gasteiger partial charge in [0.2, 0.25) is 10.4 Å². The van der Waals surface area contributed by atoms with Crippen LogP contribution in [0.25, 0.3) is 4.98 Å². The van der Waals surface area contributed by atoms with Gasteiger partial charge in [-0.2, -0.15) is 4.79 Å². The minimum Gasteiger partial charge on any atom is -0.399 e. The largest absolute Gasteiger partial charge is 0.593 e. The molecule has 0 aliphatic carbocycles. The van der Waals surface area contributed by atoms with Gasteiger partial charge in [0, 0.05) is 5.69 Å². The van der Waals surface area contributed by atoms with Gasteiger partial charge in [0.15, 0.2) is 0 Å². The topological polar surface area (TPSA) is 71.2 Å². The van der Waals surface area contributed by atoms with Gasteiger partial charge in [-0.3, -0.25) is 0 Å². The Balaban J connectivity index is 3.01. The molecule has 4 heteroatoms. The molecule has 0 radical (unpaired) electrons. The molecule has 0 bridgehead atoms. The molecule has 0 unspecified atom stereocenters. The van der Waals surface area contributed by atoms with Crippen molar-refractivity contribution < 1.29 is 4.79 Å². The van der Waals surface area contributed by atoms with Crippen LogP contribution in [0.5, 0.6) is 0 Å². The Morgan fingerprint density at radius 1 is 1.36 bits per heavy atom. The average Bonchev–Trinajstić information content (AvgIpc) is 2.05.